The van der Waals surface area contributed by atoms with E-state index in [4.69, 9.17) is 16.7 Å². The number of aliphatic hydroxyl groups is 1. The van der Waals surface area contributed by atoms with Gasteiger partial charge < -0.3 is 15.3 Å². The lowest BCUT2D eigenvalue weighted by molar-refractivity contribution is 0.129. The van der Waals surface area contributed by atoms with Crippen molar-refractivity contribution >= 4 is 17.6 Å². The van der Waals surface area contributed by atoms with Crippen LogP contribution in [0.2, 0.25) is 5.02 Å². The van der Waals surface area contributed by atoms with Crippen LogP contribution in [0.5, 0.6) is 0 Å². The molecule has 1 aromatic carbocycles. The molecule has 5 heteroatoms. The van der Waals surface area contributed by atoms with Gasteiger partial charge in [0.15, 0.2) is 0 Å². The number of urea groups is 1. The molecule has 0 saturated carbocycles. The molecule has 4 nitrogen and oxygen atoms in total. The number of carbonyl (C=O) groups excluding carboxylic acids is 1. The molecule has 1 atom stereocenters. The Morgan fingerprint density at radius 3 is 3.11 bits per heavy atom. The van der Waals surface area contributed by atoms with Crippen molar-refractivity contribution in [1.82, 2.24) is 10.2 Å². The van der Waals surface area contributed by atoms with Gasteiger partial charge in [-0.3, -0.25) is 0 Å². The SMILES string of the molecule is O=C(NCc1cccc(Cl)c1)N1CCCC(CO)C1. The Kier molecular flexibility index (Phi) is 5.05. The minimum absolute atomic E-state index is 0.0712. The minimum atomic E-state index is -0.0712. The number of benzene rings is 1. The lowest BCUT2D eigenvalue weighted by atomic mass is 9.99. The molecule has 104 valence electrons. The third-order valence-corrected chi connectivity index (χ3v) is 3.63. The summed E-state index contributed by atoms with van der Waals surface area (Å²) < 4.78 is 0. The van der Waals surface area contributed by atoms with Crippen molar-refractivity contribution in [2.45, 2.75) is 19.4 Å². The van der Waals surface area contributed by atoms with E-state index in [1.54, 1.807) is 4.90 Å². The monoisotopic (exact) mass is 282 g/mol. The summed E-state index contributed by atoms with van der Waals surface area (Å²) in [5, 5.41) is 12.7. The van der Waals surface area contributed by atoms with E-state index in [2.05, 4.69) is 5.32 Å². The van der Waals surface area contributed by atoms with Crippen molar-refractivity contribution in [3.05, 3.63) is 34.9 Å². The van der Waals surface area contributed by atoms with Crippen molar-refractivity contribution in [3.63, 3.8) is 0 Å². The Morgan fingerprint density at radius 2 is 2.37 bits per heavy atom. The molecule has 1 fully saturated rings. The first-order chi connectivity index (χ1) is 9.19. The van der Waals surface area contributed by atoms with E-state index in [0.717, 1.165) is 24.9 Å². The van der Waals surface area contributed by atoms with Crippen LogP contribution < -0.4 is 5.32 Å². The van der Waals surface area contributed by atoms with Gasteiger partial charge in [0.05, 0.1) is 0 Å². The van der Waals surface area contributed by atoms with Crippen molar-refractivity contribution in [3.8, 4) is 0 Å². The maximum absolute atomic E-state index is 12.0. The molecule has 2 amide bonds. The maximum Gasteiger partial charge on any atom is 0.317 e. The Balaban J connectivity index is 1.84. The van der Waals surface area contributed by atoms with Crippen LogP contribution in [-0.4, -0.2) is 35.7 Å². The Hall–Kier alpha value is -1.26. The first-order valence-electron chi connectivity index (χ1n) is 6.57. The number of rotatable bonds is 3. The smallest absolute Gasteiger partial charge is 0.317 e. The lowest BCUT2D eigenvalue weighted by Crippen LogP contribution is -2.45. The second-order valence-electron chi connectivity index (χ2n) is 4.93. The molecule has 1 heterocycles. The first-order valence-corrected chi connectivity index (χ1v) is 6.95. The largest absolute Gasteiger partial charge is 0.396 e. The number of amides is 2. The van der Waals surface area contributed by atoms with E-state index in [9.17, 15) is 4.79 Å². The van der Waals surface area contributed by atoms with Crippen LogP contribution in [0.25, 0.3) is 0 Å². The normalized spacial score (nSPS) is 19.3. The van der Waals surface area contributed by atoms with Gasteiger partial charge in [-0.1, -0.05) is 23.7 Å². The standard InChI is InChI=1S/C14H19ClN2O2/c15-13-5-1-3-11(7-13)8-16-14(19)17-6-2-4-12(9-17)10-18/h1,3,5,7,12,18H,2,4,6,8-10H2,(H,16,19). The molecule has 1 aliphatic rings. The van der Waals surface area contributed by atoms with Gasteiger partial charge >= 0.3 is 6.03 Å². The van der Waals surface area contributed by atoms with Crippen LogP contribution in [-0.2, 0) is 6.54 Å². The summed E-state index contributed by atoms with van der Waals surface area (Å²) in [6.45, 7) is 2.02. The number of hydrogen-bond donors (Lipinski definition) is 2. The predicted molar refractivity (Wildman–Crippen MR) is 75.1 cm³/mol. The molecule has 2 rings (SSSR count). The van der Waals surface area contributed by atoms with Gasteiger partial charge in [0, 0.05) is 31.3 Å². The van der Waals surface area contributed by atoms with Crippen molar-refractivity contribution < 1.29 is 9.90 Å². The number of hydrogen-bond acceptors (Lipinski definition) is 2. The van der Waals surface area contributed by atoms with Crippen LogP contribution in [0.15, 0.2) is 24.3 Å². The third kappa shape index (κ3) is 4.11. The van der Waals surface area contributed by atoms with E-state index >= 15 is 0 Å². The summed E-state index contributed by atoms with van der Waals surface area (Å²) >= 11 is 5.90. The summed E-state index contributed by atoms with van der Waals surface area (Å²) in [4.78, 5) is 13.8. The fraction of sp³-hybridized carbons (Fsp3) is 0.500. The molecular weight excluding hydrogens is 264 g/mol. The number of halogens is 1. The second-order valence-corrected chi connectivity index (χ2v) is 5.36. The molecule has 19 heavy (non-hydrogen) atoms. The van der Waals surface area contributed by atoms with Gasteiger partial charge in [-0.2, -0.15) is 0 Å². The molecule has 1 aliphatic heterocycles. The predicted octanol–water partition coefficient (Wildman–Crippen LogP) is 2.25. The molecule has 0 aromatic heterocycles. The highest BCUT2D eigenvalue weighted by atomic mass is 35.5. The van der Waals surface area contributed by atoms with Gasteiger partial charge in [0.2, 0.25) is 0 Å². The summed E-state index contributed by atoms with van der Waals surface area (Å²) in [5.74, 6) is 0.214. The molecular formula is C14H19ClN2O2. The number of piperidine rings is 1. The summed E-state index contributed by atoms with van der Waals surface area (Å²) in [6.07, 6.45) is 1.95. The molecule has 0 aliphatic carbocycles. The van der Waals surface area contributed by atoms with E-state index < -0.39 is 0 Å². The summed E-state index contributed by atoms with van der Waals surface area (Å²) in [6, 6.07) is 7.38. The summed E-state index contributed by atoms with van der Waals surface area (Å²) in [5.41, 5.74) is 0.983. The zero-order chi connectivity index (χ0) is 13.7. The second kappa shape index (κ2) is 6.78. The molecule has 1 saturated heterocycles. The third-order valence-electron chi connectivity index (χ3n) is 3.40. The zero-order valence-electron chi connectivity index (χ0n) is 10.8. The zero-order valence-corrected chi connectivity index (χ0v) is 11.6. The van der Waals surface area contributed by atoms with Crippen LogP contribution in [0.4, 0.5) is 4.79 Å². The molecule has 0 radical (unpaired) electrons. The molecule has 0 spiro atoms. The van der Waals surface area contributed by atoms with E-state index in [1.165, 1.54) is 0 Å². The number of nitrogens with one attached hydrogen (secondary N) is 1. The van der Waals surface area contributed by atoms with Gasteiger partial charge in [0.1, 0.15) is 0 Å². The Bertz CT molecular complexity index is 439. The van der Waals surface area contributed by atoms with Crippen LogP contribution in [0.3, 0.4) is 0 Å². The average molecular weight is 283 g/mol. The van der Waals surface area contributed by atoms with Gasteiger partial charge in [-0.05, 0) is 36.5 Å². The quantitative estimate of drug-likeness (QED) is 0.893. The first kappa shape index (κ1) is 14.2. The Morgan fingerprint density at radius 1 is 1.53 bits per heavy atom. The summed E-state index contributed by atoms with van der Waals surface area (Å²) in [7, 11) is 0. The fourth-order valence-electron chi connectivity index (χ4n) is 2.33. The fourth-order valence-corrected chi connectivity index (χ4v) is 2.55. The minimum Gasteiger partial charge on any atom is -0.396 e. The highest BCUT2D eigenvalue weighted by Crippen LogP contribution is 2.16. The van der Waals surface area contributed by atoms with Crippen molar-refractivity contribution in [1.29, 1.82) is 0 Å². The Labute approximate surface area is 118 Å². The van der Waals surface area contributed by atoms with Crippen molar-refractivity contribution in [2.24, 2.45) is 5.92 Å². The van der Waals surface area contributed by atoms with E-state index in [1.807, 2.05) is 24.3 Å². The number of nitrogens with zero attached hydrogens (tertiary/aromatic N) is 1. The molecule has 2 N–H and O–H groups in total. The van der Waals surface area contributed by atoms with Crippen LogP contribution in [0, 0.1) is 5.92 Å². The number of likely N-dealkylation sites (tertiary alicyclic amines) is 1. The van der Waals surface area contributed by atoms with E-state index in [-0.39, 0.29) is 18.6 Å². The van der Waals surface area contributed by atoms with Gasteiger partial charge in [0.25, 0.3) is 0 Å². The van der Waals surface area contributed by atoms with Crippen molar-refractivity contribution in [2.75, 3.05) is 19.7 Å². The van der Waals surface area contributed by atoms with Gasteiger partial charge in [-0.25, -0.2) is 4.79 Å². The highest BCUT2D eigenvalue weighted by Gasteiger charge is 2.22. The molecule has 1 unspecified atom stereocenters. The van der Waals surface area contributed by atoms with Gasteiger partial charge in [-0.15, -0.1) is 0 Å². The number of carbonyl (C=O) groups is 1. The topological polar surface area (TPSA) is 52.6 Å². The average Bonchev–Trinajstić information content (AvgIpc) is 2.45. The van der Waals surface area contributed by atoms with Crippen LogP contribution in [0.1, 0.15) is 18.4 Å². The molecule has 0 bridgehead atoms. The van der Waals surface area contributed by atoms with E-state index in [0.29, 0.717) is 18.1 Å². The van der Waals surface area contributed by atoms with Crippen LogP contribution >= 0.6 is 11.6 Å². The molecule has 1 aromatic rings. The number of aliphatic hydroxyl groups excluding tert-OH is 1. The lowest BCUT2D eigenvalue weighted by Gasteiger charge is -2.31. The highest BCUT2D eigenvalue weighted by molar-refractivity contribution is 6.30. The maximum atomic E-state index is 12.0.